The summed E-state index contributed by atoms with van der Waals surface area (Å²) in [5.41, 5.74) is 2.37. The number of aromatic nitrogens is 4. The van der Waals surface area contributed by atoms with Crippen molar-refractivity contribution >= 4 is 5.69 Å². The summed E-state index contributed by atoms with van der Waals surface area (Å²) in [4.78, 5) is 4.90. The first kappa shape index (κ1) is 19.4. The Morgan fingerprint density at radius 2 is 1.69 bits per heavy atom. The molecule has 152 valence electrons. The lowest BCUT2D eigenvalue weighted by Crippen LogP contribution is -2.48. The van der Waals surface area contributed by atoms with Crippen LogP contribution in [0, 0.1) is 0 Å². The van der Waals surface area contributed by atoms with Gasteiger partial charge < -0.3 is 9.64 Å². The molecule has 29 heavy (non-hydrogen) atoms. The van der Waals surface area contributed by atoms with E-state index in [0.717, 1.165) is 49.9 Å². The van der Waals surface area contributed by atoms with E-state index in [-0.39, 0.29) is 6.04 Å². The maximum absolute atomic E-state index is 5.54. The largest absolute Gasteiger partial charge is 0.495 e. The average Bonchev–Trinajstić information content (AvgIpc) is 3.23. The Kier molecular flexibility index (Phi) is 6.05. The third-order valence-corrected chi connectivity index (χ3v) is 5.60. The molecule has 0 saturated carbocycles. The number of para-hydroxylation sites is 2. The highest BCUT2D eigenvalue weighted by molar-refractivity contribution is 5.58. The molecule has 2 heterocycles. The molecule has 1 aliphatic heterocycles. The highest BCUT2D eigenvalue weighted by Gasteiger charge is 2.28. The summed E-state index contributed by atoms with van der Waals surface area (Å²) in [6, 6.07) is 18.8. The molecular weight excluding hydrogens is 364 g/mol. The molecule has 7 heteroatoms. The summed E-state index contributed by atoms with van der Waals surface area (Å²) >= 11 is 0. The van der Waals surface area contributed by atoms with Crippen molar-refractivity contribution in [2.75, 3.05) is 38.2 Å². The van der Waals surface area contributed by atoms with Gasteiger partial charge in [0.25, 0.3) is 0 Å². The van der Waals surface area contributed by atoms with E-state index in [1.54, 1.807) is 7.11 Å². The maximum atomic E-state index is 5.54. The van der Waals surface area contributed by atoms with Crippen LogP contribution in [0.5, 0.6) is 5.75 Å². The second-order valence-corrected chi connectivity index (χ2v) is 7.30. The van der Waals surface area contributed by atoms with Crippen molar-refractivity contribution in [2.24, 2.45) is 0 Å². The number of piperazine rings is 1. The zero-order valence-corrected chi connectivity index (χ0v) is 17.1. The van der Waals surface area contributed by atoms with E-state index in [1.165, 1.54) is 5.56 Å². The Morgan fingerprint density at radius 3 is 2.41 bits per heavy atom. The van der Waals surface area contributed by atoms with E-state index in [9.17, 15) is 0 Å². The summed E-state index contributed by atoms with van der Waals surface area (Å²) in [6.07, 6.45) is 0.976. The summed E-state index contributed by atoms with van der Waals surface area (Å²) < 4.78 is 7.48. The van der Waals surface area contributed by atoms with E-state index in [1.807, 2.05) is 35.0 Å². The maximum Gasteiger partial charge on any atom is 0.168 e. The van der Waals surface area contributed by atoms with Crippen molar-refractivity contribution in [2.45, 2.75) is 25.9 Å². The number of methoxy groups -OCH3 is 1. The van der Waals surface area contributed by atoms with Gasteiger partial charge in [-0.05, 0) is 34.5 Å². The normalized spacial score (nSPS) is 16.0. The molecule has 1 atom stereocenters. The van der Waals surface area contributed by atoms with Gasteiger partial charge in [0, 0.05) is 26.2 Å². The highest BCUT2D eigenvalue weighted by Crippen LogP contribution is 2.30. The molecule has 0 radical (unpaired) electrons. The predicted octanol–water partition coefficient (Wildman–Crippen LogP) is 3.00. The lowest BCUT2D eigenvalue weighted by molar-refractivity contribution is 0.169. The molecule has 0 amide bonds. The molecule has 1 saturated heterocycles. The number of benzene rings is 2. The molecule has 1 fully saturated rings. The Hall–Kier alpha value is -2.93. The van der Waals surface area contributed by atoms with Crippen LogP contribution in [0.25, 0.3) is 0 Å². The van der Waals surface area contributed by atoms with Crippen LogP contribution in [0.2, 0.25) is 0 Å². The van der Waals surface area contributed by atoms with Crippen LogP contribution in [-0.2, 0) is 6.54 Å². The number of ether oxygens (including phenoxy) is 1. The van der Waals surface area contributed by atoms with E-state index in [4.69, 9.17) is 4.74 Å². The smallest absolute Gasteiger partial charge is 0.168 e. The van der Waals surface area contributed by atoms with Crippen molar-refractivity contribution in [1.29, 1.82) is 0 Å². The predicted molar refractivity (Wildman–Crippen MR) is 113 cm³/mol. The van der Waals surface area contributed by atoms with Crippen molar-refractivity contribution in [1.82, 2.24) is 25.1 Å². The van der Waals surface area contributed by atoms with E-state index in [0.29, 0.717) is 6.54 Å². The van der Waals surface area contributed by atoms with Crippen molar-refractivity contribution in [3.63, 3.8) is 0 Å². The fraction of sp³-hybridized carbons (Fsp3) is 0.409. The molecule has 0 bridgehead atoms. The fourth-order valence-corrected chi connectivity index (χ4v) is 4.09. The lowest BCUT2D eigenvalue weighted by atomic mass is 10.1. The SMILES string of the molecule is CC[C@@H](c1nnnn1Cc1ccccc1)N1CCN(c2ccccc2OC)CC1. The molecular formula is C22H28N6O. The highest BCUT2D eigenvalue weighted by atomic mass is 16.5. The van der Waals surface area contributed by atoms with Gasteiger partial charge in [-0.2, -0.15) is 0 Å². The van der Waals surface area contributed by atoms with Crippen LogP contribution in [-0.4, -0.2) is 58.4 Å². The summed E-state index contributed by atoms with van der Waals surface area (Å²) in [7, 11) is 1.73. The lowest BCUT2D eigenvalue weighted by Gasteiger charge is -2.39. The minimum absolute atomic E-state index is 0.216. The fourth-order valence-electron chi connectivity index (χ4n) is 4.09. The van der Waals surface area contributed by atoms with Gasteiger partial charge in [0.2, 0.25) is 0 Å². The van der Waals surface area contributed by atoms with Crippen LogP contribution in [0.1, 0.15) is 30.8 Å². The first-order valence-electron chi connectivity index (χ1n) is 10.2. The van der Waals surface area contributed by atoms with Crippen LogP contribution in [0.4, 0.5) is 5.69 Å². The zero-order valence-electron chi connectivity index (χ0n) is 17.1. The molecule has 1 aromatic heterocycles. The average molecular weight is 393 g/mol. The number of hydrogen-bond acceptors (Lipinski definition) is 6. The van der Waals surface area contributed by atoms with Crippen molar-refractivity contribution in [3.8, 4) is 5.75 Å². The number of tetrazole rings is 1. The van der Waals surface area contributed by atoms with Crippen LogP contribution < -0.4 is 9.64 Å². The van der Waals surface area contributed by atoms with Gasteiger partial charge in [-0.25, -0.2) is 4.68 Å². The van der Waals surface area contributed by atoms with E-state index in [2.05, 4.69) is 56.5 Å². The summed E-state index contributed by atoms with van der Waals surface area (Å²) in [5, 5.41) is 12.6. The molecule has 0 aliphatic carbocycles. The number of rotatable bonds is 7. The van der Waals surface area contributed by atoms with Gasteiger partial charge in [0.1, 0.15) is 5.75 Å². The van der Waals surface area contributed by atoms with Gasteiger partial charge >= 0.3 is 0 Å². The molecule has 4 rings (SSSR count). The number of hydrogen-bond donors (Lipinski definition) is 0. The number of anilines is 1. The summed E-state index contributed by atoms with van der Waals surface area (Å²) in [5.74, 6) is 1.88. The van der Waals surface area contributed by atoms with Crippen LogP contribution >= 0.6 is 0 Å². The van der Waals surface area contributed by atoms with Gasteiger partial charge in [-0.3, -0.25) is 4.90 Å². The minimum Gasteiger partial charge on any atom is -0.495 e. The van der Waals surface area contributed by atoms with Crippen molar-refractivity contribution in [3.05, 3.63) is 66.0 Å². The monoisotopic (exact) mass is 392 g/mol. The molecule has 3 aromatic rings. The first-order valence-corrected chi connectivity index (χ1v) is 10.2. The Bertz CT molecular complexity index is 904. The van der Waals surface area contributed by atoms with Gasteiger partial charge in [-0.1, -0.05) is 49.4 Å². The molecule has 2 aromatic carbocycles. The van der Waals surface area contributed by atoms with E-state index >= 15 is 0 Å². The molecule has 0 spiro atoms. The Balaban J connectivity index is 1.46. The zero-order chi connectivity index (χ0) is 20.1. The van der Waals surface area contributed by atoms with Crippen LogP contribution in [0.15, 0.2) is 54.6 Å². The second kappa shape index (κ2) is 9.05. The third kappa shape index (κ3) is 4.24. The molecule has 7 nitrogen and oxygen atoms in total. The van der Waals surface area contributed by atoms with Gasteiger partial charge in [0.15, 0.2) is 5.82 Å². The minimum atomic E-state index is 0.216. The molecule has 0 N–H and O–H groups in total. The second-order valence-electron chi connectivity index (χ2n) is 7.30. The Morgan fingerprint density at radius 1 is 0.966 bits per heavy atom. The summed E-state index contributed by atoms with van der Waals surface area (Å²) in [6.45, 7) is 6.75. The molecule has 0 unspecified atom stereocenters. The third-order valence-electron chi connectivity index (χ3n) is 5.60. The Labute approximate surface area is 171 Å². The topological polar surface area (TPSA) is 59.3 Å². The van der Waals surface area contributed by atoms with Gasteiger partial charge in [-0.15, -0.1) is 5.10 Å². The number of nitrogens with zero attached hydrogens (tertiary/aromatic N) is 6. The molecule has 1 aliphatic rings. The van der Waals surface area contributed by atoms with Crippen molar-refractivity contribution < 1.29 is 4.74 Å². The quantitative estimate of drug-likeness (QED) is 0.616. The van der Waals surface area contributed by atoms with Crippen LogP contribution in [0.3, 0.4) is 0 Å². The van der Waals surface area contributed by atoms with Gasteiger partial charge in [0.05, 0.1) is 25.4 Å². The standard InChI is InChI=1S/C22H28N6O/c1-3-19(22-23-24-25-28(22)17-18-9-5-4-6-10-18)26-13-15-27(16-14-26)20-11-7-8-12-21(20)29-2/h4-12,19H,3,13-17H2,1-2H3/t19-/m0/s1. The first-order chi connectivity index (χ1) is 14.3. The van der Waals surface area contributed by atoms with E-state index < -0.39 is 0 Å².